The summed E-state index contributed by atoms with van der Waals surface area (Å²) < 4.78 is 5.15. The summed E-state index contributed by atoms with van der Waals surface area (Å²) in [5.74, 6) is 0.0476. The van der Waals surface area contributed by atoms with Crippen LogP contribution < -0.4 is 5.32 Å². The van der Waals surface area contributed by atoms with Gasteiger partial charge < -0.3 is 9.73 Å². The maximum absolute atomic E-state index is 12.2. The Morgan fingerprint density at radius 3 is 3.24 bits per heavy atom. The summed E-state index contributed by atoms with van der Waals surface area (Å²) in [7, 11) is 0. The van der Waals surface area contributed by atoms with Gasteiger partial charge in [0.05, 0.1) is 5.92 Å². The number of oxazole rings is 1. The van der Waals surface area contributed by atoms with Crippen molar-refractivity contribution in [2.24, 2.45) is 5.92 Å². The average Bonchev–Trinajstić information content (AvgIpc) is 2.86. The molecule has 4 heteroatoms. The number of carbonyl (C=O) groups is 1. The average molecular weight is 228 g/mol. The fraction of sp³-hybridized carbons (Fsp3) is 0.231. The minimum atomic E-state index is -0.0758. The molecular formula is C13H12N2O2. The lowest BCUT2D eigenvalue weighted by molar-refractivity contribution is 0.0943. The zero-order valence-corrected chi connectivity index (χ0v) is 9.22. The molecule has 1 unspecified atom stereocenters. The molecule has 0 aliphatic carbocycles. The highest BCUT2D eigenvalue weighted by molar-refractivity contribution is 6.01. The van der Waals surface area contributed by atoms with Crippen molar-refractivity contribution in [3.05, 3.63) is 42.3 Å². The Labute approximate surface area is 98.3 Å². The zero-order valence-electron chi connectivity index (χ0n) is 9.22. The number of rotatable bonds is 2. The molecule has 17 heavy (non-hydrogen) atoms. The van der Waals surface area contributed by atoms with Gasteiger partial charge in [-0.3, -0.25) is 4.79 Å². The Bertz CT molecular complexity index is 586. The van der Waals surface area contributed by atoms with E-state index in [0.29, 0.717) is 17.7 Å². The standard InChI is InChI=1S/C13H12N2O2/c16-13(10-2-1-5-14-7-10)9-3-4-12-11(6-9)15-8-17-12/h1-4,6,8,10,14H,5,7H2. The number of hydrogen-bond donors (Lipinski definition) is 1. The molecule has 1 aliphatic heterocycles. The van der Waals surface area contributed by atoms with E-state index in [0.717, 1.165) is 12.1 Å². The van der Waals surface area contributed by atoms with Crippen molar-refractivity contribution in [3.8, 4) is 0 Å². The van der Waals surface area contributed by atoms with Crippen molar-refractivity contribution in [1.29, 1.82) is 0 Å². The summed E-state index contributed by atoms with van der Waals surface area (Å²) >= 11 is 0. The summed E-state index contributed by atoms with van der Waals surface area (Å²) in [6, 6.07) is 5.36. The van der Waals surface area contributed by atoms with Crippen LogP contribution in [0.15, 0.2) is 41.2 Å². The fourth-order valence-electron chi connectivity index (χ4n) is 2.03. The number of ketones is 1. The summed E-state index contributed by atoms with van der Waals surface area (Å²) in [5.41, 5.74) is 2.12. The van der Waals surface area contributed by atoms with E-state index in [4.69, 9.17) is 4.42 Å². The van der Waals surface area contributed by atoms with E-state index in [1.807, 2.05) is 12.2 Å². The first-order valence-electron chi connectivity index (χ1n) is 5.59. The van der Waals surface area contributed by atoms with Gasteiger partial charge in [0.25, 0.3) is 0 Å². The maximum Gasteiger partial charge on any atom is 0.181 e. The molecule has 1 atom stereocenters. The van der Waals surface area contributed by atoms with E-state index in [2.05, 4.69) is 10.3 Å². The second-order valence-electron chi connectivity index (χ2n) is 4.09. The van der Waals surface area contributed by atoms with Crippen molar-refractivity contribution in [1.82, 2.24) is 10.3 Å². The zero-order chi connectivity index (χ0) is 11.7. The van der Waals surface area contributed by atoms with Gasteiger partial charge in [0, 0.05) is 18.7 Å². The molecule has 0 spiro atoms. The van der Waals surface area contributed by atoms with Gasteiger partial charge in [-0.15, -0.1) is 0 Å². The van der Waals surface area contributed by atoms with E-state index in [1.165, 1.54) is 6.39 Å². The van der Waals surface area contributed by atoms with Crippen molar-refractivity contribution in [2.75, 3.05) is 13.1 Å². The lowest BCUT2D eigenvalue weighted by Crippen LogP contribution is -2.30. The van der Waals surface area contributed by atoms with Crippen LogP contribution in [0, 0.1) is 5.92 Å². The Morgan fingerprint density at radius 2 is 2.41 bits per heavy atom. The third-order valence-electron chi connectivity index (χ3n) is 2.95. The first kappa shape index (κ1) is 10.2. The van der Waals surface area contributed by atoms with Crippen LogP contribution in [0.5, 0.6) is 0 Å². The Hall–Kier alpha value is -1.94. The minimum absolute atomic E-state index is 0.0758. The highest BCUT2D eigenvalue weighted by Gasteiger charge is 2.19. The molecule has 1 aromatic heterocycles. The second-order valence-corrected chi connectivity index (χ2v) is 4.09. The smallest absolute Gasteiger partial charge is 0.181 e. The van der Waals surface area contributed by atoms with Crippen molar-refractivity contribution in [2.45, 2.75) is 0 Å². The van der Waals surface area contributed by atoms with Crippen LogP contribution >= 0.6 is 0 Å². The Balaban J connectivity index is 1.94. The van der Waals surface area contributed by atoms with Gasteiger partial charge in [-0.25, -0.2) is 4.98 Å². The molecule has 0 saturated carbocycles. The number of carbonyl (C=O) groups excluding carboxylic acids is 1. The van der Waals surface area contributed by atoms with Gasteiger partial charge in [0.2, 0.25) is 0 Å². The number of Topliss-reactive ketones (excluding diaryl/α,β-unsaturated/α-hetero) is 1. The van der Waals surface area contributed by atoms with Crippen LogP contribution in [0.3, 0.4) is 0 Å². The SMILES string of the molecule is O=C(c1ccc2ocnc2c1)C1C=CCNC1. The second kappa shape index (κ2) is 4.14. The first-order chi connectivity index (χ1) is 8.34. The lowest BCUT2D eigenvalue weighted by Gasteiger charge is -2.16. The van der Waals surface area contributed by atoms with Crippen LogP contribution in [0.2, 0.25) is 0 Å². The molecular weight excluding hydrogens is 216 g/mol. The predicted octanol–water partition coefficient (Wildman–Crippen LogP) is 1.79. The molecule has 3 rings (SSSR count). The maximum atomic E-state index is 12.2. The van der Waals surface area contributed by atoms with Crippen LogP contribution in [-0.4, -0.2) is 23.9 Å². The molecule has 2 heterocycles. The quantitative estimate of drug-likeness (QED) is 0.629. The molecule has 4 nitrogen and oxygen atoms in total. The van der Waals surface area contributed by atoms with E-state index in [9.17, 15) is 4.79 Å². The van der Waals surface area contributed by atoms with Gasteiger partial charge in [-0.05, 0) is 18.2 Å². The van der Waals surface area contributed by atoms with E-state index >= 15 is 0 Å². The molecule has 0 fully saturated rings. The van der Waals surface area contributed by atoms with Crippen molar-refractivity contribution >= 4 is 16.9 Å². The van der Waals surface area contributed by atoms with Crippen molar-refractivity contribution < 1.29 is 9.21 Å². The van der Waals surface area contributed by atoms with E-state index in [1.54, 1.807) is 18.2 Å². The molecule has 2 aromatic rings. The molecule has 0 saturated heterocycles. The Kier molecular flexibility index (Phi) is 2.49. The molecule has 1 aromatic carbocycles. The van der Waals surface area contributed by atoms with Gasteiger partial charge in [0.1, 0.15) is 5.52 Å². The number of nitrogens with one attached hydrogen (secondary N) is 1. The highest BCUT2D eigenvalue weighted by Crippen LogP contribution is 2.18. The van der Waals surface area contributed by atoms with Crippen molar-refractivity contribution in [3.63, 3.8) is 0 Å². The summed E-state index contributed by atoms with van der Waals surface area (Å²) in [4.78, 5) is 16.3. The van der Waals surface area contributed by atoms with Gasteiger partial charge in [0.15, 0.2) is 17.8 Å². The number of fused-ring (bicyclic) bond motifs is 1. The van der Waals surface area contributed by atoms with E-state index < -0.39 is 0 Å². The predicted molar refractivity (Wildman–Crippen MR) is 63.8 cm³/mol. The molecule has 0 radical (unpaired) electrons. The lowest BCUT2D eigenvalue weighted by atomic mass is 9.95. The number of hydrogen-bond acceptors (Lipinski definition) is 4. The summed E-state index contributed by atoms with van der Waals surface area (Å²) in [6.45, 7) is 1.54. The first-order valence-corrected chi connectivity index (χ1v) is 5.59. The topological polar surface area (TPSA) is 55.1 Å². The van der Waals surface area contributed by atoms with Crippen LogP contribution in [0.1, 0.15) is 10.4 Å². The fourth-order valence-corrected chi connectivity index (χ4v) is 2.03. The normalized spacial score (nSPS) is 19.6. The molecule has 86 valence electrons. The summed E-state index contributed by atoms with van der Waals surface area (Å²) in [5, 5.41) is 3.18. The molecule has 0 amide bonds. The van der Waals surface area contributed by atoms with Crippen LogP contribution in [0.4, 0.5) is 0 Å². The van der Waals surface area contributed by atoms with Gasteiger partial charge in [-0.2, -0.15) is 0 Å². The van der Waals surface area contributed by atoms with Gasteiger partial charge in [-0.1, -0.05) is 12.2 Å². The van der Waals surface area contributed by atoms with Crippen LogP contribution in [-0.2, 0) is 0 Å². The minimum Gasteiger partial charge on any atom is -0.443 e. The largest absolute Gasteiger partial charge is 0.443 e. The van der Waals surface area contributed by atoms with Gasteiger partial charge >= 0.3 is 0 Å². The number of aromatic nitrogens is 1. The molecule has 0 bridgehead atoms. The third kappa shape index (κ3) is 1.87. The van der Waals surface area contributed by atoms with Crippen LogP contribution in [0.25, 0.3) is 11.1 Å². The Morgan fingerprint density at radius 1 is 1.47 bits per heavy atom. The molecule has 1 N–H and O–H groups in total. The number of nitrogens with zero attached hydrogens (tertiary/aromatic N) is 1. The molecule has 1 aliphatic rings. The summed E-state index contributed by atoms with van der Waals surface area (Å²) in [6.07, 6.45) is 5.34. The number of benzene rings is 1. The highest BCUT2D eigenvalue weighted by atomic mass is 16.3. The monoisotopic (exact) mass is 228 g/mol. The third-order valence-corrected chi connectivity index (χ3v) is 2.95. The van der Waals surface area contributed by atoms with E-state index in [-0.39, 0.29) is 11.7 Å².